The third-order valence-corrected chi connectivity index (χ3v) is 11.1. The zero-order valence-corrected chi connectivity index (χ0v) is 30.4. The van der Waals surface area contributed by atoms with E-state index in [1.54, 1.807) is 0 Å². The molecule has 262 valence electrons. The number of aromatic nitrogens is 2. The highest BCUT2D eigenvalue weighted by molar-refractivity contribution is 6.11. The van der Waals surface area contributed by atoms with Crippen LogP contribution in [0, 0.1) is 0 Å². The van der Waals surface area contributed by atoms with Crippen molar-refractivity contribution in [3.05, 3.63) is 206 Å². The maximum absolute atomic E-state index is 6.29. The van der Waals surface area contributed by atoms with Gasteiger partial charge in [-0.15, -0.1) is 0 Å². The molecule has 0 unspecified atom stereocenters. The van der Waals surface area contributed by atoms with Gasteiger partial charge in [-0.25, -0.2) is 4.98 Å². The Hall–Kier alpha value is -7.49. The van der Waals surface area contributed by atoms with Crippen molar-refractivity contribution >= 4 is 43.7 Å². The van der Waals surface area contributed by atoms with Gasteiger partial charge in [-0.1, -0.05) is 146 Å². The number of nitrogens with zero attached hydrogens (tertiary/aromatic N) is 2. The minimum atomic E-state index is 0.616. The molecule has 0 aliphatic carbocycles. The van der Waals surface area contributed by atoms with Crippen LogP contribution >= 0.6 is 0 Å². The summed E-state index contributed by atoms with van der Waals surface area (Å²) < 4.78 is 8.65. The molecule has 0 saturated carbocycles. The average molecular weight is 715 g/mol. The SMILES string of the molecule is c1ccc(-n2c3ccccc3c3cc(-c4ccccc4-c4ccccc4-c4ccc(-c5nc6cc(-c7ccc8ccccc8c7)ccc6o5)cc4)ccc32)cc1. The normalized spacial score (nSPS) is 11.6. The van der Waals surface area contributed by atoms with Crippen LogP contribution in [0.15, 0.2) is 211 Å². The molecule has 2 aromatic heterocycles. The third kappa shape index (κ3) is 5.40. The van der Waals surface area contributed by atoms with Crippen molar-refractivity contribution in [3.8, 4) is 61.6 Å². The highest BCUT2D eigenvalue weighted by Crippen LogP contribution is 2.41. The zero-order chi connectivity index (χ0) is 37.0. The Morgan fingerprint density at radius 3 is 1.73 bits per heavy atom. The number of hydrogen-bond donors (Lipinski definition) is 0. The Balaban J connectivity index is 0.942. The minimum absolute atomic E-state index is 0.616. The van der Waals surface area contributed by atoms with Crippen molar-refractivity contribution in [1.29, 1.82) is 0 Å². The molecule has 0 spiro atoms. The lowest BCUT2D eigenvalue weighted by atomic mass is 9.89. The van der Waals surface area contributed by atoms with Gasteiger partial charge in [0.1, 0.15) is 5.52 Å². The van der Waals surface area contributed by atoms with Crippen molar-refractivity contribution in [1.82, 2.24) is 9.55 Å². The lowest BCUT2D eigenvalue weighted by Gasteiger charge is -2.15. The largest absolute Gasteiger partial charge is 0.436 e. The van der Waals surface area contributed by atoms with Crippen molar-refractivity contribution in [2.24, 2.45) is 0 Å². The van der Waals surface area contributed by atoms with Crippen LogP contribution in [0.2, 0.25) is 0 Å². The van der Waals surface area contributed by atoms with E-state index in [9.17, 15) is 0 Å². The molecule has 3 nitrogen and oxygen atoms in total. The van der Waals surface area contributed by atoms with Crippen LogP contribution in [-0.4, -0.2) is 9.55 Å². The molecule has 3 heteroatoms. The van der Waals surface area contributed by atoms with Gasteiger partial charge in [0, 0.05) is 22.0 Å². The summed E-state index contributed by atoms with van der Waals surface area (Å²) in [5.74, 6) is 0.616. The summed E-state index contributed by atoms with van der Waals surface area (Å²) in [6.07, 6.45) is 0. The Morgan fingerprint density at radius 2 is 0.929 bits per heavy atom. The second-order valence-corrected chi connectivity index (χ2v) is 14.4. The van der Waals surface area contributed by atoms with E-state index < -0.39 is 0 Å². The van der Waals surface area contributed by atoms with Crippen LogP contribution in [0.1, 0.15) is 0 Å². The van der Waals surface area contributed by atoms with E-state index in [2.05, 4.69) is 205 Å². The maximum atomic E-state index is 6.29. The van der Waals surface area contributed by atoms with Crippen LogP contribution in [0.25, 0.3) is 105 Å². The fourth-order valence-electron chi connectivity index (χ4n) is 8.33. The molecule has 0 saturated heterocycles. The fourth-order valence-corrected chi connectivity index (χ4v) is 8.33. The van der Waals surface area contributed by atoms with Crippen LogP contribution in [0.3, 0.4) is 0 Å². The van der Waals surface area contributed by atoms with E-state index in [-0.39, 0.29) is 0 Å². The summed E-state index contributed by atoms with van der Waals surface area (Å²) in [6.45, 7) is 0. The first kappa shape index (κ1) is 32.0. The molecule has 0 atom stereocenters. The van der Waals surface area contributed by atoms with Gasteiger partial charge in [0.2, 0.25) is 5.89 Å². The van der Waals surface area contributed by atoms with E-state index in [4.69, 9.17) is 9.40 Å². The molecule has 56 heavy (non-hydrogen) atoms. The molecule has 0 N–H and O–H groups in total. The molecule has 0 aliphatic rings. The minimum Gasteiger partial charge on any atom is -0.436 e. The van der Waals surface area contributed by atoms with Gasteiger partial charge in [0.05, 0.1) is 11.0 Å². The maximum Gasteiger partial charge on any atom is 0.227 e. The highest BCUT2D eigenvalue weighted by atomic mass is 16.3. The van der Waals surface area contributed by atoms with E-state index in [0.29, 0.717) is 5.89 Å². The summed E-state index contributed by atoms with van der Waals surface area (Å²) >= 11 is 0. The first-order chi connectivity index (χ1) is 27.7. The van der Waals surface area contributed by atoms with Gasteiger partial charge in [-0.2, -0.15) is 0 Å². The van der Waals surface area contributed by atoms with Gasteiger partial charge in [0.25, 0.3) is 0 Å². The Kier molecular flexibility index (Phi) is 7.49. The van der Waals surface area contributed by atoms with Crippen LogP contribution in [0.4, 0.5) is 0 Å². The standard InChI is InChI=1S/C53H34N2O/c1-2-14-42(15-3-1)55-50-21-11-10-20-47(50)48-33-41(28-30-51(48)55)44-17-7-9-19-46(44)45-18-8-6-16-43(45)36-23-25-37(26-24-36)53-54-49-34-40(29-31-52(49)56-53)39-27-22-35-12-4-5-13-38(35)32-39/h1-34H. The molecule has 0 bridgehead atoms. The number of hydrogen-bond acceptors (Lipinski definition) is 2. The molecule has 2 heterocycles. The third-order valence-electron chi connectivity index (χ3n) is 11.1. The molecule has 0 radical (unpaired) electrons. The monoisotopic (exact) mass is 714 g/mol. The summed E-state index contributed by atoms with van der Waals surface area (Å²) in [5, 5.41) is 4.94. The molecule has 0 amide bonds. The summed E-state index contributed by atoms with van der Waals surface area (Å²) in [6, 6.07) is 73.5. The van der Waals surface area contributed by atoms with E-state index in [1.807, 2.05) is 6.07 Å². The fraction of sp³-hybridized carbons (Fsp3) is 0. The van der Waals surface area contributed by atoms with Crippen molar-refractivity contribution in [2.45, 2.75) is 0 Å². The number of para-hydroxylation sites is 2. The smallest absolute Gasteiger partial charge is 0.227 e. The second-order valence-electron chi connectivity index (χ2n) is 14.4. The van der Waals surface area contributed by atoms with Gasteiger partial charge < -0.3 is 8.98 Å². The summed E-state index contributed by atoms with van der Waals surface area (Å²) in [5.41, 5.74) is 15.5. The molecule has 11 rings (SSSR count). The Bertz CT molecular complexity index is 3240. The number of fused-ring (bicyclic) bond motifs is 5. The molecule has 0 aliphatic heterocycles. The van der Waals surface area contributed by atoms with Crippen LogP contribution < -0.4 is 0 Å². The van der Waals surface area contributed by atoms with Gasteiger partial charge in [0.15, 0.2) is 5.58 Å². The lowest BCUT2D eigenvalue weighted by molar-refractivity contribution is 0.620. The van der Waals surface area contributed by atoms with Crippen molar-refractivity contribution in [3.63, 3.8) is 0 Å². The topological polar surface area (TPSA) is 31.0 Å². The van der Waals surface area contributed by atoms with Crippen molar-refractivity contribution in [2.75, 3.05) is 0 Å². The van der Waals surface area contributed by atoms with Crippen LogP contribution in [-0.2, 0) is 0 Å². The van der Waals surface area contributed by atoms with Crippen molar-refractivity contribution < 1.29 is 4.42 Å². The lowest BCUT2D eigenvalue weighted by Crippen LogP contribution is -1.93. The molecule has 9 aromatic carbocycles. The van der Waals surface area contributed by atoms with Gasteiger partial charge in [-0.05, 0) is 116 Å². The molecule has 11 aromatic rings. The molecule has 0 fully saturated rings. The number of benzene rings is 9. The highest BCUT2D eigenvalue weighted by Gasteiger charge is 2.17. The van der Waals surface area contributed by atoms with Gasteiger partial charge in [-0.3, -0.25) is 0 Å². The van der Waals surface area contributed by atoms with Gasteiger partial charge >= 0.3 is 0 Å². The predicted octanol–water partition coefficient (Wildman–Crippen LogP) is 14.4. The Morgan fingerprint density at radius 1 is 0.357 bits per heavy atom. The summed E-state index contributed by atoms with van der Waals surface area (Å²) in [7, 11) is 0. The second kappa shape index (κ2) is 13.1. The zero-order valence-electron chi connectivity index (χ0n) is 30.4. The van der Waals surface area contributed by atoms with E-state index >= 15 is 0 Å². The number of oxazole rings is 1. The van der Waals surface area contributed by atoms with E-state index in [1.165, 1.54) is 60.4 Å². The molecular weight excluding hydrogens is 681 g/mol. The van der Waals surface area contributed by atoms with Crippen LogP contribution in [0.5, 0.6) is 0 Å². The first-order valence-electron chi connectivity index (χ1n) is 19.0. The predicted molar refractivity (Wildman–Crippen MR) is 233 cm³/mol. The quantitative estimate of drug-likeness (QED) is 0.172. The summed E-state index contributed by atoms with van der Waals surface area (Å²) in [4.78, 5) is 4.94. The Labute approximate surface area is 324 Å². The molecular formula is C53H34N2O. The number of rotatable bonds is 6. The van der Waals surface area contributed by atoms with E-state index in [0.717, 1.165) is 39.0 Å². The first-order valence-corrected chi connectivity index (χ1v) is 19.0. The average Bonchev–Trinajstić information content (AvgIpc) is 3.85.